The Morgan fingerprint density at radius 2 is 1.82 bits per heavy atom. The van der Waals surface area contributed by atoms with Crippen LogP contribution in [0.3, 0.4) is 0 Å². The van der Waals surface area contributed by atoms with E-state index < -0.39 is 0 Å². The lowest BCUT2D eigenvalue weighted by atomic mass is 10.2. The van der Waals surface area contributed by atoms with E-state index in [1.165, 1.54) is 11.8 Å². The van der Waals surface area contributed by atoms with Gasteiger partial charge < -0.3 is 14.8 Å². The van der Waals surface area contributed by atoms with Crippen LogP contribution in [0.2, 0.25) is 10.0 Å². The first-order chi connectivity index (χ1) is 16.4. The third-order valence-corrected chi connectivity index (χ3v) is 6.93. The number of carbonyl (C=O) groups excluding carboxylic acids is 1. The third kappa shape index (κ3) is 6.36. The maximum atomic E-state index is 12.4. The SMILES string of the molecule is CCOc1ccc(N=C2NC(=O)/C(=C\c3ccc(OCc4ccc(Cl)c(Cl)c4)c(Br)c3)S2)cc1. The topological polar surface area (TPSA) is 59.9 Å². The fraction of sp³-hybridized carbons (Fsp3) is 0.120. The van der Waals surface area contributed by atoms with Crippen LogP contribution in [0.4, 0.5) is 5.69 Å². The largest absolute Gasteiger partial charge is 0.494 e. The van der Waals surface area contributed by atoms with Gasteiger partial charge in [-0.1, -0.05) is 35.3 Å². The Morgan fingerprint density at radius 3 is 2.53 bits per heavy atom. The first-order valence-electron chi connectivity index (χ1n) is 10.3. The number of hydrogen-bond donors (Lipinski definition) is 1. The predicted molar refractivity (Wildman–Crippen MR) is 143 cm³/mol. The summed E-state index contributed by atoms with van der Waals surface area (Å²) in [6.45, 7) is 2.89. The van der Waals surface area contributed by atoms with Gasteiger partial charge in [0.15, 0.2) is 5.17 Å². The summed E-state index contributed by atoms with van der Waals surface area (Å²) >= 11 is 16.9. The van der Waals surface area contributed by atoms with E-state index in [2.05, 4.69) is 26.2 Å². The second-order valence-corrected chi connectivity index (χ2v) is 9.84. The molecule has 0 unspecified atom stereocenters. The summed E-state index contributed by atoms with van der Waals surface area (Å²) in [6.07, 6.45) is 1.81. The molecule has 4 rings (SSSR count). The number of benzene rings is 3. The van der Waals surface area contributed by atoms with Gasteiger partial charge in [-0.15, -0.1) is 0 Å². The van der Waals surface area contributed by atoms with Crippen LogP contribution in [-0.4, -0.2) is 17.7 Å². The van der Waals surface area contributed by atoms with Crippen LogP contribution in [-0.2, 0) is 11.4 Å². The highest BCUT2D eigenvalue weighted by atomic mass is 79.9. The summed E-state index contributed by atoms with van der Waals surface area (Å²) < 4.78 is 12.1. The molecule has 1 N–H and O–H groups in total. The van der Waals surface area contributed by atoms with E-state index in [0.29, 0.717) is 39.1 Å². The molecule has 3 aromatic carbocycles. The smallest absolute Gasteiger partial charge is 0.264 e. The summed E-state index contributed by atoms with van der Waals surface area (Å²) in [5.41, 5.74) is 2.50. The second kappa shape index (κ2) is 11.3. The van der Waals surface area contributed by atoms with E-state index in [4.69, 9.17) is 32.7 Å². The quantitative estimate of drug-likeness (QED) is 0.293. The van der Waals surface area contributed by atoms with Gasteiger partial charge in [-0.25, -0.2) is 4.99 Å². The molecule has 1 aliphatic rings. The highest BCUT2D eigenvalue weighted by Crippen LogP contribution is 2.32. The van der Waals surface area contributed by atoms with Gasteiger partial charge >= 0.3 is 0 Å². The molecular formula is C25H19BrCl2N2O3S. The van der Waals surface area contributed by atoms with Crippen LogP contribution in [0.1, 0.15) is 18.1 Å². The number of aliphatic imine (C=N–C) groups is 1. The number of carbonyl (C=O) groups is 1. The standard InChI is InChI=1S/C25H19BrCl2N2O3S/c1-2-32-18-7-5-17(6-8-18)29-25-30-24(31)23(34-25)13-15-4-10-22(19(26)11-15)33-14-16-3-9-20(27)21(28)12-16/h3-13H,2,14H2,1H3,(H,29,30,31)/b23-13+. The zero-order chi connectivity index (χ0) is 24.1. The first-order valence-corrected chi connectivity index (χ1v) is 12.7. The van der Waals surface area contributed by atoms with E-state index in [9.17, 15) is 4.79 Å². The highest BCUT2D eigenvalue weighted by Gasteiger charge is 2.24. The van der Waals surface area contributed by atoms with E-state index in [-0.39, 0.29) is 5.91 Å². The Bertz CT molecular complexity index is 1280. The van der Waals surface area contributed by atoms with Gasteiger partial charge in [0.1, 0.15) is 18.1 Å². The number of ether oxygens (including phenoxy) is 2. The molecule has 9 heteroatoms. The lowest BCUT2D eigenvalue weighted by Gasteiger charge is -2.10. The Labute approximate surface area is 220 Å². The number of hydrogen-bond acceptors (Lipinski definition) is 5. The van der Waals surface area contributed by atoms with E-state index in [1.807, 2.05) is 61.5 Å². The Kier molecular flexibility index (Phi) is 8.21. The van der Waals surface area contributed by atoms with Crippen LogP contribution in [0, 0.1) is 0 Å². The van der Waals surface area contributed by atoms with Crippen molar-refractivity contribution in [1.29, 1.82) is 0 Å². The first kappa shape index (κ1) is 24.7. The number of thioether (sulfide) groups is 1. The monoisotopic (exact) mass is 576 g/mol. The molecule has 34 heavy (non-hydrogen) atoms. The van der Waals surface area contributed by atoms with Gasteiger partial charge in [-0.3, -0.25) is 4.79 Å². The van der Waals surface area contributed by atoms with E-state index in [0.717, 1.165) is 27.0 Å². The zero-order valence-corrected chi connectivity index (χ0v) is 21.9. The fourth-order valence-electron chi connectivity index (χ4n) is 3.05. The minimum absolute atomic E-state index is 0.189. The molecule has 1 aliphatic heterocycles. The van der Waals surface area contributed by atoms with Crippen molar-refractivity contribution >= 4 is 73.7 Å². The van der Waals surface area contributed by atoms with E-state index >= 15 is 0 Å². The molecule has 0 atom stereocenters. The third-order valence-electron chi connectivity index (χ3n) is 4.66. The maximum Gasteiger partial charge on any atom is 0.264 e. The van der Waals surface area contributed by atoms with Crippen molar-refractivity contribution in [3.05, 3.63) is 91.2 Å². The molecule has 0 aromatic heterocycles. The van der Waals surface area contributed by atoms with Crippen molar-refractivity contribution < 1.29 is 14.3 Å². The molecule has 0 aliphatic carbocycles. The second-order valence-electron chi connectivity index (χ2n) is 7.14. The minimum atomic E-state index is -0.189. The molecule has 1 fully saturated rings. The van der Waals surface area contributed by atoms with Crippen LogP contribution < -0.4 is 14.8 Å². The summed E-state index contributed by atoms with van der Waals surface area (Å²) in [6, 6.07) is 18.4. The fourth-order valence-corrected chi connectivity index (χ4v) is 4.72. The van der Waals surface area contributed by atoms with Crippen molar-refractivity contribution in [2.45, 2.75) is 13.5 Å². The maximum absolute atomic E-state index is 12.4. The summed E-state index contributed by atoms with van der Waals surface area (Å²) in [7, 11) is 0. The predicted octanol–water partition coefficient (Wildman–Crippen LogP) is 7.63. The van der Waals surface area contributed by atoms with Crippen molar-refractivity contribution in [1.82, 2.24) is 5.32 Å². The Hall–Kier alpha value is -2.45. The number of halogens is 3. The molecule has 0 spiro atoms. The number of rotatable bonds is 7. The van der Waals surface area contributed by atoms with Gasteiger partial charge in [0.25, 0.3) is 5.91 Å². The van der Waals surface area contributed by atoms with Crippen LogP contribution in [0.5, 0.6) is 11.5 Å². The minimum Gasteiger partial charge on any atom is -0.494 e. The molecule has 3 aromatic rings. The summed E-state index contributed by atoms with van der Waals surface area (Å²) in [5.74, 6) is 1.27. The number of amidine groups is 1. The van der Waals surface area contributed by atoms with Gasteiger partial charge in [0.05, 0.1) is 31.7 Å². The van der Waals surface area contributed by atoms with Gasteiger partial charge in [-0.05, 0) is 100 Å². The van der Waals surface area contributed by atoms with Gasteiger partial charge in [0, 0.05) is 0 Å². The summed E-state index contributed by atoms with van der Waals surface area (Å²) in [5, 5.41) is 4.32. The lowest BCUT2D eigenvalue weighted by molar-refractivity contribution is -0.115. The van der Waals surface area contributed by atoms with Gasteiger partial charge in [-0.2, -0.15) is 0 Å². The molecule has 0 saturated carbocycles. The highest BCUT2D eigenvalue weighted by molar-refractivity contribution is 9.10. The molecule has 5 nitrogen and oxygen atoms in total. The molecular weight excluding hydrogens is 559 g/mol. The number of nitrogens with zero attached hydrogens (tertiary/aromatic N) is 1. The Morgan fingerprint density at radius 1 is 1.03 bits per heavy atom. The van der Waals surface area contributed by atoms with Crippen molar-refractivity contribution in [3.8, 4) is 11.5 Å². The van der Waals surface area contributed by atoms with E-state index in [1.54, 1.807) is 12.1 Å². The molecule has 0 bridgehead atoms. The van der Waals surface area contributed by atoms with Gasteiger partial charge in [0.2, 0.25) is 0 Å². The average Bonchev–Trinajstić information content (AvgIpc) is 3.15. The Balaban J connectivity index is 1.42. The normalized spacial score (nSPS) is 15.6. The average molecular weight is 578 g/mol. The molecule has 174 valence electrons. The number of amides is 1. The van der Waals surface area contributed by atoms with Crippen LogP contribution in [0.25, 0.3) is 6.08 Å². The van der Waals surface area contributed by atoms with Crippen molar-refractivity contribution in [3.63, 3.8) is 0 Å². The summed E-state index contributed by atoms with van der Waals surface area (Å²) in [4.78, 5) is 17.5. The van der Waals surface area contributed by atoms with Crippen LogP contribution in [0.15, 0.2) is 75.0 Å². The zero-order valence-electron chi connectivity index (χ0n) is 18.0. The molecule has 0 radical (unpaired) electrons. The van der Waals surface area contributed by atoms with Crippen molar-refractivity contribution in [2.75, 3.05) is 6.61 Å². The number of nitrogens with one attached hydrogen (secondary N) is 1. The molecule has 1 saturated heterocycles. The van der Waals surface area contributed by atoms with Crippen molar-refractivity contribution in [2.24, 2.45) is 4.99 Å². The lowest BCUT2D eigenvalue weighted by Crippen LogP contribution is -2.19. The van der Waals surface area contributed by atoms with Crippen LogP contribution >= 0.6 is 50.9 Å². The molecule has 1 amide bonds. The molecule has 1 heterocycles.